The van der Waals surface area contributed by atoms with Crippen molar-refractivity contribution >= 4 is 15.9 Å². The van der Waals surface area contributed by atoms with Crippen LogP contribution in [0.3, 0.4) is 0 Å². The lowest BCUT2D eigenvalue weighted by Gasteiger charge is -2.08. The topological polar surface area (TPSA) is 37.9 Å². The van der Waals surface area contributed by atoms with Crippen molar-refractivity contribution in [1.29, 1.82) is 0 Å². The van der Waals surface area contributed by atoms with Gasteiger partial charge in [0.1, 0.15) is 11.6 Å². The van der Waals surface area contributed by atoms with Gasteiger partial charge in [-0.05, 0) is 30.5 Å². The molecule has 3 nitrogen and oxygen atoms in total. The molecule has 0 spiro atoms. The van der Waals surface area contributed by atoms with Crippen LogP contribution in [0.5, 0.6) is 5.75 Å². The number of aromatic nitrogens is 2. The van der Waals surface area contributed by atoms with E-state index in [0.717, 1.165) is 48.3 Å². The van der Waals surface area contributed by atoms with Crippen LogP contribution in [0.15, 0.2) is 35.1 Å². The molecule has 19 heavy (non-hydrogen) atoms. The maximum Gasteiger partial charge on any atom is 0.120 e. The van der Waals surface area contributed by atoms with Crippen LogP contribution in [0.4, 0.5) is 0 Å². The summed E-state index contributed by atoms with van der Waals surface area (Å²) in [7, 11) is 0. The summed E-state index contributed by atoms with van der Waals surface area (Å²) in [6.45, 7) is 2.95. The smallest absolute Gasteiger partial charge is 0.120 e. The van der Waals surface area contributed by atoms with Crippen molar-refractivity contribution in [1.82, 2.24) is 9.97 Å². The zero-order valence-corrected chi connectivity index (χ0v) is 12.7. The summed E-state index contributed by atoms with van der Waals surface area (Å²) in [6.07, 6.45) is 7.77. The normalized spacial score (nSPS) is 10.6. The number of benzene rings is 1. The molecule has 0 bridgehead atoms. The Morgan fingerprint density at radius 2 is 2.21 bits per heavy atom. The average Bonchev–Trinajstić information content (AvgIpc) is 2.91. The van der Waals surface area contributed by atoms with Gasteiger partial charge in [0.2, 0.25) is 0 Å². The zero-order valence-electron chi connectivity index (χ0n) is 11.2. The van der Waals surface area contributed by atoms with Crippen LogP contribution < -0.4 is 4.74 Å². The summed E-state index contributed by atoms with van der Waals surface area (Å²) in [5.41, 5.74) is 1.28. The van der Waals surface area contributed by atoms with E-state index in [2.05, 4.69) is 38.9 Å². The number of hydrogen-bond donors (Lipinski definition) is 1. The third-order valence-electron chi connectivity index (χ3n) is 2.98. The van der Waals surface area contributed by atoms with Gasteiger partial charge in [0.15, 0.2) is 0 Å². The Labute approximate surface area is 122 Å². The van der Waals surface area contributed by atoms with Gasteiger partial charge in [0, 0.05) is 23.3 Å². The summed E-state index contributed by atoms with van der Waals surface area (Å²) >= 11 is 3.61. The van der Waals surface area contributed by atoms with Gasteiger partial charge in [0.25, 0.3) is 0 Å². The van der Waals surface area contributed by atoms with Gasteiger partial charge in [-0.1, -0.05) is 35.3 Å². The highest BCUT2D eigenvalue weighted by atomic mass is 79.9. The lowest BCUT2D eigenvalue weighted by atomic mass is 10.1. The van der Waals surface area contributed by atoms with E-state index in [1.165, 1.54) is 5.56 Å². The van der Waals surface area contributed by atoms with Crippen molar-refractivity contribution < 1.29 is 4.74 Å². The molecule has 2 aromatic rings. The molecule has 0 saturated carbocycles. The van der Waals surface area contributed by atoms with Crippen molar-refractivity contribution in [3.63, 3.8) is 0 Å². The van der Waals surface area contributed by atoms with Crippen molar-refractivity contribution in [2.45, 2.75) is 32.6 Å². The van der Waals surface area contributed by atoms with E-state index in [-0.39, 0.29) is 0 Å². The fourth-order valence-electron chi connectivity index (χ4n) is 1.84. The third kappa shape index (κ3) is 4.39. The standard InChI is InChI=1S/C15H19BrN2O/c1-2-3-10-19-13-6-4-12(14(16)11-13)5-7-15-17-8-9-18-15/h4,6,8-9,11H,2-3,5,7,10H2,1H3,(H,17,18). The molecule has 2 rings (SSSR count). The second-order valence-electron chi connectivity index (χ2n) is 4.49. The Morgan fingerprint density at radius 1 is 1.32 bits per heavy atom. The van der Waals surface area contributed by atoms with Crippen molar-refractivity contribution in [3.8, 4) is 5.75 Å². The van der Waals surface area contributed by atoms with E-state index in [1.807, 2.05) is 18.3 Å². The first-order chi connectivity index (χ1) is 9.29. The lowest BCUT2D eigenvalue weighted by molar-refractivity contribution is 0.309. The number of hydrogen-bond acceptors (Lipinski definition) is 2. The molecule has 0 saturated heterocycles. The highest BCUT2D eigenvalue weighted by Gasteiger charge is 2.04. The van der Waals surface area contributed by atoms with E-state index in [9.17, 15) is 0 Å². The van der Waals surface area contributed by atoms with Gasteiger partial charge in [-0.2, -0.15) is 0 Å². The van der Waals surface area contributed by atoms with Crippen LogP contribution in [0.1, 0.15) is 31.2 Å². The Hall–Kier alpha value is -1.29. The monoisotopic (exact) mass is 322 g/mol. The van der Waals surface area contributed by atoms with Crippen molar-refractivity contribution in [3.05, 3.63) is 46.5 Å². The van der Waals surface area contributed by atoms with Crippen LogP contribution in [0, 0.1) is 0 Å². The van der Waals surface area contributed by atoms with Crippen LogP contribution in [0.2, 0.25) is 0 Å². The first-order valence-electron chi connectivity index (χ1n) is 6.69. The summed E-state index contributed by atoms with van der Waals surface area (Å²) in [4.78, 5) is 7.35. The number of aryl methyl sites for hydroxylation is 2. The minimum Gasteiger partial charge on any atom is -0.494 e. The molecule has 0 radical (unpaired) electrons. The fraction of sp³-hybridized carbons (Fsp3) is 0.400. The number of unbranched alkanes of at least 4 members (excludes halogenated alkanes) is 1. The van der Waals surface area contributed by atoms with E-state index < -0.39 is 0 Å². The molecule has 102 valence electrons. The molecule has 4 heteroatoms. The maximum absolute atomic E-state index is 5.68. The number of rotatable bonds is 7. The van der Waals surface area contributed by atoms with Gasteiger partial charge in [0.05, 0.1) is 6.61 Å². The Morgan fingerprint density at radius 3 is 2.89 bits per heavy atom. The van der Waals surface area contributed by atoms with Crippen molar-refractivity contribution in [2.75, 3.05) is 6.61 Å². The van der Waals surface area contributed by atoms with Crippen LogP contribution in [0.25, 0.3) is 0 Å². The molecule has 0 fully saturated rings. The van der Waals surface area contributed by atoms with Gasteiger partial charge in [-0.15, -0.1) is 0 Å². The highest BCUT2D eigenvalue weighted by molar-refractivity contribution is 9.10. The average molecular weight is 323 g/mol. The Kier molecular flexibility index (Phi) is 5.45. The molecular weight excluding hydrogens is 304 g/mol. The highest BCUT2D eigenvalue weighted by Crippen LogP contribution is 2.24. The number of imidazole rings is 1. The summed E-state index contributed by atoms with van der Waals surface area (Å²) < 4.78 is 6.79. The second kappa shape index (κ2) is 7.34. The molecule has 1 aromatic heterocycles. The minimum atomic E-state index is 0.786. The number of ether oxygens (including phenoxy) is 1. The molecule has 1 aromatic carbocycles. The Bertz CT molecular complexity index is 497. The summed E-state index contributed by atoms with van der Waals surface area (Å²) in [6, 6.07) is 6.21. The number of nitrogens with one attached hydrogen (secondary N) is 1. The predicted molar refractivity (Wildman–Crippen MR) is 80.5 cm³/mol. The van der Waals surface area contributed by atoms with Crippen LogP contribution in [-0.4, -0.2) is 16.6 Å². The number of H-pyrrole nitrogens is 1. The van der Waals surface area contributed by atoms with Gasteiger partial charge < -0.3 is 9.72 Å². The fourth-order valence-corrected chi connectivity index (χ4v) is 2.40. The minimum absolute atomic E-state index is 0.786. The quantitative estimate of drug-likeness (QED) is 0.778. The van der Waals surface area contributed by atoms with Crippen molar-refractivity contribution in [2.24, 2.45) is 0 Å². The van der Waals surface area contributed by atoms with E-state index in [1.54, 1.807) is 6.20 Å². The molecule has 0 unspecified atom stereocenters. The molecule has 0 aliphatic carbocycles. The predicted octanol–water partition coefficient (Wildman–Crippen LogP) is 4.14. The zero-order chi connectivity index (χ0) is 13.5. The molecule has 0 atom stereocenters. The molecule has 1 heterocycles. The SMILES string of the molecule is CCCCOc1ccc(CCc2ncc[nH]2)c(Br)c1. The van der Waals surface area contributed by atoms with E-state index >= 15 is 0 Å². The second-order valence-corrected chi connectivity index (χ2v) is 5.35. The molecule has 0 aliphatic rings. The first kappa shape index (κ1) is 14.1. The van der Waals surface area contributed by atoms with Crippen LogP contribution >= 0.6 is 15.9 Å². The molecule has 1 N–H and O–H groups in total. The number of halogens is 1. The van der Waals surface area contributed by atoms with Gasteiger partial charge in [-0.3, -0.25) is 0 Å². The third-order valence-corrected chi connectivity index (χ3v) is 3.72. The largest absolute Gasteiger partial charge is 0.494 e. The Balaban J connectivity index is 1.91. The number of aromatic amines is 1. The van der Waals surface area contributed by atoms with Gasteiger partial charge in [-0.25, -0.2) is 4.98 Å². The number of nitrogens with zero attached hydrogens (tertiary/aromatic N) is 1. The first-order valence-corrected chi connectivity index (χ1v) is 7.48. The summed E-state index contributed by atoms with van der Waals surface area (Å²) in [5, 5.41) is 0. The molecule has 0 amide bonds. The molecular formula is C15H19BrN2O. The van der Waals surface area contributed by atoms with E-state index in [4.69, 9.17) is 4.74 Å². The van der Waals surface area contributed by atoms with Gasteiger partial charge >= 0.3 is 0 Å². The maximum atomic E-state index is 5.68. The van der Waals surface area contributed by atoms with E-state index in [0.29, 0.717) is 0 Å². The lowest BCUT2D eigenvalue weighted by Crippen LogP contribution is -1.98. The summed E-state index contributed by atoms with van der Waals surface area (Å²) in [5.74, 6) is 1.96. The molecule has 0 aliphatic heterocycles. The van der Waals surface area contributed by atoms with Crippen LogP contribution in [-0.2, 0) is 12.8 Å².